The molecule has 0 saturated carbocycles. The number of hydrazine groups is 1. The maximum atomic E-state index is 12.8. The third kappa shape index (κ3) is 5.79. The lowest BCUT2D eigenvalue weighted by molar-refractivity contribution is -0.126. The quantitative estimate of drug-likeness (QED) is 0.459. The first kappa shape index (κ1) is 24.5. The Hall–Kier alpha value is -3.18. The number of aryl methyl sites for hydroxylation is 1. The normalized spacial score (nSPS) is 15.1. The molecule has 3 rings (SSSR count). The monoisotopic (exact) mass is 477 g/mol. The fraction of sp³-hybridized carbons (Fsp3) is 0.409. The van der Waals surface area contributed by atoms with Crippen LogP contribution in [0.25, 0.3) is 0 Å². The highest BCUT2D eigenvalue weighted by Crippen LogP contribution is 2.25. The van der Waals surface area contributed by atoms with Crippen LogP contribution in [-0.4, -0.2) is 50.2 Å². The first-order valence-electron chi connectivity index (χ1n) is 10.7. The summed E-state index contributed by atoms with van der Waals surface area (Å²) in [4.78, 5) is 36.4. The molecule has 178 valence electrons. The molecular formula is C22H27N3O7S. The van der Waals surface area contributed by atoms with Gasteiger partial charge in [-0.1, -0.05) is 19.1 Å². The molecule has 1 aromatic carbocycles. The highest BCUT2D eigenvalue weighted by Gasteiger charge is 2.34. The molecule has 0 atom stereocenters. The minimum absolute atomic E-state index is 0.0995. The third-order valence-electron chi connectivity index (χ3n) is 5.40. The standard InChI is InChI=1S/C22H27N3O7S/c1-3-15-5-7-16(8-6-15)20(26)23-24-21(27)17-11-13-25(14-12-17)33(29,30)19-10-9-18(32-19)22(28)31-4-2/h5-10,17H,3-4,11-14H2,1-2H3,(H,23,26)(H,24,27). The number of benzene rings is 1. The number of nitrogens with one attached hydrogen (secondary N) is 2. The number of ether oxygens (including phenoxy) is 1. The summed E-state index contributed by atoms with van der Waals surface area (Å²) in [7, 11) is -3.95. The van der Waals surface area contributed by atoms with Crippen LogP contribution in [-0.2, 0) is 26.0 Å². The summed E-state index contributed by atoms with van der Waals surface area (Å²) in [6.45, 7) is 3.99. The highest BCUT2D eigenvalue weighted by atomic mass is 32.2. The van der Waals surface area contributed by atoms with Crippen molar-refractivity contribution in [3.05, 3.63) is 53.3 Å². The minimum Gasteiger partial charge on any atom is -0.460 e. The molecule has 0 aliphatic carbocycles. The number of furan rings is 1. The van der Waals surface area contributed by atoms with E-state index >= 15 is 0 Å². The number of hydrogen-bond donors (Lipinski definition) is 2. The second kappa shape index (κ2) is 10.6. The fourth-order valence-electron chi connectivity index (χ4n) is 3.44. The van der Waals surface area contributed by atoms with E-state index in [1.165, 1.54) is 16.4 Å². The molecule has 1 aliphatic rings. The average Bonchev–Trinajstić information content (AvgIpc) is 3.34. The smallest absolute Gasteiger partial charge is 0.374 e. The van der Waals surface area contributed by atoms with E-state index in [-0.39, 0.29) is 49.3 Å². The van der Waals surface area contributed by atoms with E-state index in [2.05, 4.69) is 10.9 Å². The molecule has 2 N–H and O–H groups in total. The number of carbonyl (C=O) groups is 3. The number of amides is 2. The Kier molecular flexibility index (Phi) is 7.88. The van der Waals surface area contributed by atoms with Crippen LogP contribution in [0.2, 0.25) is 0 Å². The highest BCUT2D eigenvalue weighted by molar-refractivity contribution is 7.89. The van der Waals surface area contributed by atoms with Crippen LogP contribution in [0.5, 0.6) is 0 Å². The zero-order chi connectivity index (χ0) is 24.0. The van der Waals surface area contributed by atoms with E-state index in [9.17, 15) is 22.8 Å². The molecule has 11 heteroatoms. The predicted octanol–water partition coefficient (Wildman–Crippen LogP) is 1.88. The van der Waals surface area contributed by atoms with E-state index in [1.54, 1.807) is 19.1 Å². The van der Waals surface area contributed by atoms with Crippen LogP contribution in [0.15, 0.2) is 45.9 Å². The van der Waals surface area contributed by atoms with Crippen LogP contribution in [0.1, 0.15) is 53.2 Å². The van der Waals surface area contributed by atoms with Crippen molar-refractivity contribution < 1.29 is 32.0 Å². The van der Waals surface area contributed by atoms with Gasteiger partial charge in [0.25, 0.3) is 15.9 Å². The molecule has 2 amide bonds. The van der Waals surface area contributed by atoms with Crippen molar-refractivity contribution in [3.63, 3.8) is 0 Å². The Morgan fingerprint density at radius 3 is 2.30 bits per heavy atom. The van der Waals surface area contributed by atoms with Gasteiger partial charge in [-0.15, -0.1) is 0 Å². The van der Waals surface area contributed by atoms with Gasteiger partial charge in [0.05, 0.1) is 6.61 Å². The lowest BCUT2D eigenvalue weighted by atomic mass is 9.98. The molecule has 0 radical (unpaired) electrons. The number of nitrogens with zero attached hydrogens (tertiary/aromatic N) is 1. The van der Waals surface area contributed by atoms with Crippen molar-refractivity contribution >= 4 is 27.8 Å². The number of piperidine rings is 1. The molecule has 10 nitrogen and oxygen atoms in total. The van der Waals surface area contributed by atoms with E-state index in [1.807, 2.05) is 19.1 Å². The fourth-order valence-corrected chi connectivity index (χ4v) is 4.82. The van der Waals surface area contributed by atoms with Gasteiger partial charge in [-0.25, -0.2) is 13.2 Å². The molecule has 0 bridgehead atoms. The predicted molar refractivity (Wildman–Crippen MR) is 118 cm³/mol. The molecule has 1 saturated heterocycles. The van der Waals surface area contributed by atoms with E-state index < -0.39 is 27.8 Å². The Bertz CT molecular complexity index is 1100. The zero-order valence-corrected chi connectivity index (χ0v) is 19.3. The molecule has 0 unspecified atom stereocenters. The molecule has 2 aromatic rings. The maximum absolute atomic E-state index is 12.8. The van der Waals surface area contributed by atoms with Gasteiger partial charge >= 0.3 is 5.97 Å². The van der Waals surface area contributed by atoms with Gasteiger partial charge < -0.3 is 9.15 Å². The van der Waals surface area contributed by atoms with Crippen molar-refractivity contribution in [1.29, 1.82) is 0 Å². The van der Waals surface area contributed by atoms with Crippen molar-refractivity contribution in [3.8, 4) is 0 Å². The Balaban J connectivity index is 1.51. The van der Waals surface area contributed by atoms with Crippen LogP contribution in [0, 0.1) is 5.92 Å². The Morgan fingerprint density at radius 2 is 1.70 bits per heavy atom. The van der Waals surface area contributed by atoms with Gasteiger partial charge in [-0.05, 0) is 56.0 Å². The average molecular weight is 478 g/mol. The lowest BCUT2D eigenvalue weighted by Gasteiger charge is -2.29. The summed E-state index contributed by atoms with van der Waals surface area (Å²) in [6, 6.07) is 9.53. The second-order valence-corrected chi connectivity index (χ2v) is 9.38. The van der Waals surface area contributed by atoms with Gasteiger partial charge in [0.15, 0.2) is 0 Å². The van der Waals surface area contributed by atoms with Gasteiger partial charge in [0.2, 0.25) is 16.8 Å². The molecule has 1 fully saturated rings. The molecule has 33 heavy (non-hydrogen) atoms. The number of carbonyl (C=O) groups excluding carboxylic acids is 3. The van der Waals surface area contributed by atoms with Gasteiger partial charge in [0, 0.05) is 24.6 Å². The molecule has 1 aliphatic heterocycles. The zero-order valence-electron chi connectivity index (χ0n) is 18.5. The lowest BCUT2D eigenvalue weighted by Crippen LogP contribution is -2.48. The number of esters is 1. The summed E-state index contributed by atoms with van der Waals surface area (Å²) in [5.41, 5.74) is 6.34. The van der Waals surface area contributed by atoms with Gasteiger partial charge in [-0.2, -0.15) is 4.31 Å². The van der Waals surface area contributed by atoms with E-state index in [0.717, 1.165) is 12.0 Å². The number of rotatable bonds is 7. The van der Waals surface area contributed by atoms with Crippen LogP contribution in [0.4, 0.5) is 0 Å². The van der Waals surface area contributed by atoms with Crippen molar-refractivity contribution in [2.45, 2.75) is 38.2 Å². The van der Waals surface area contributed by atoms with Gasteiger partial charge in [-0.3, -0.25) is 20.4 Å². The Morgan fingerprint density at radius 1 is 1.03 bits per heavy atom. The first-order valence-corrected chi connectivity index (χ1v) is 12.2. The second-order valence-electron chi connectivity index (χ2n) is 7.51. The largest absolute Gasteiger partial charge is 0.460 e. The SMILES string of the molecule is CCOC(=O)c1ccc(S(=O)(=O)N2CCC(C(=O)NNC(=O)c3ccc(CC)cc3)CC2)o1. The number of sulfonamides is 1. The third-order valence-corrected chi connectivity index (χ3v) is 7.17. The molecule has 1 aromatic heterocycles. The number of hydrogen-bond acceptors (Lipinski definition) is 7. The van der Waals surface area contributed by atoms with Crippen molar-refractivity contribution in [1.82, 2.24) is 15.2 Å². The van der Waals surface area contributed by atoms with Gasteiger partial charge in [0.1, 0.15) is 0 Å². The van der Waals surface area contributed by atoms with E-state index in [4.69, 9.17) is 9.15 Å². The summed E-state index contributed by atoms with van der Waals surface area (Å²) in [5, 5.41) is -0.352. The minimum atomic E-state index is -3.95. The van der Waals surface area contributed by atoms with Crippen LogP contribution < -0.4 is 10.9 Å². The van der Waals surface area contributed by atoms with Crippen molar-refractivity contribution in [2.75, 3.05) is 19.7 Å². The summed E-state index contributed by atoms with van der Waals surface area (Å²) < 4.78 is 36.8. The van der Waals surface area contributed by atoms with E-state index in [0.29, 0.717) is 5.56 Å². The van der Waals surface area contributed by atoms with Crippen LogP contribution in [0.3, 0.4) is 0 Å². The van der Waals surface area contributed by atoms with Crippen molar-refractivity contribution in [2.24, 2.45) is 5.92 Å². The van der Waals surface area contributed by atoms with Crippen LogP contribution >= 0.6 is 0 Å². The summed E-state index contributed by atoms with van der Waals surface area (Å²) in [6.07, 6.45) is 1.41. The Labute approximate surface area is 192 Å². The topological polar surface area (TPSA) is 135 Å². The maximum Gasteiger partial charge on any atom is 0.374 e. The summed E-state index contributed by atoms with van der Waals surface area (Å²) >= 11 is 0. The molecular weight excluding hydrogens is 450 g/mol. The molecule has 0 spiro atoms. The first-order chi connectivity index (χ1) is 15.8. The summed E-state index contributed by atoms with van der Waals surface area (Å²) in [5.74, 6) is -2.19. The molecule has 2 heterocycles.